The maximum Gasteiger partial charge on any atom is 0.409 e. The van der Waals surface area contributed by atoms with E-state index in [0.29, 0.717) is 51.1 Å². The fourth-order valence-corrected chi connectivity index (χ4v) is 4.50. The van der Waals surface area contributed by atoms with Crippen LogP contribution in [-0.2, 0) is 9.53 Å². The molecule has 8 nitrogen and oxygen atoms in total. The molecule has 0 radical (unpaired) electrons. The highest BCUT2D eigenvalue weighted by molar-refractivity contribution is 6.05. The van der Waals surface area contributed by atoms with Crippen molar-refractivity contribution in [3.63, 3.8) is 0 Å². The molecule has 0 aliphatic carbocycles. The number of piperazine rings is 1. The van der Waals surface area contributed by atoms with Crippen LogP contribution in [0.15, 0.2) is 36.4 Å². The zero-order valence-electron chi connectivity index (χ0n) is 19.2. The highest BCUT2D eigenvalue weighted by atomic mass is 16.6. The molecular formula is C25H31N3O5. The highest BCUT2D eigenvalue weighted by Gasteiger charge is 2.38. The first-order valence-electron chi connectivity index (χ1n) is 11.6. The lowest BCUT2D eigenvalue weighted by molar-refractivity contribution is -0.136. The van der Waals surface area contributed by atoms with Gasteiger partial charge >= 0.3 is 6.09 Å². The molecule has 1 unspecified atom stereocenters. The van der Waals surface area contributed by atoms with Gasteiger partial charge in [0.2, 0.25) is 5.91 Å². The summed E-state index contributed by atoms with van der Waals surface area (Å²) in [5.74, 6) is -0.212. The van der Waals surface area contributed by atoms with Crippen molar-refractivity contribution in [3.8, 4) is 5.75 Å². The number of benzene rings is 2. The van der Waals surface area contributed by atoms with Crippen LogP contribution >= 0.6 is 0 Å². The minimum Gasteiger partial charge on any atom is -0.506 e. The van der Waals surface area contributed by atoms with Gasteiger partial charge in [-0.2, -0.15) is 0 Å². The second kappa shape index (κ2) is 9.68. The monoisotopic (exact) mass is 453 g/mol. The summed E-state index contributed by atoms with van der Waals surface area (Å²) in [4.78, 5) is 43.7. The number of rotatable bonds is 4. The SMILES string of the molecule is CC(C)COC(=O)N1CCN(C(=O)C2CCCN2C(=O)c2ccc3ccccc3c2O)CC1. The molecule has 2 aromatic rings. The largest absolute Gasteiger partial charge is 0.506 e. The molecule has 8 heteroatoms. The highest BCUT2D eigenvalue weighted by Crippen LogP contribution is 2.31. The number of carbonyl (C=O) groups excluding carboxylic acids is 3. The fraction of sp³-hybridized carbons (Fsp3) is 0.480. The Balaban J connectivity index is 1.41. The van der Waals surface area contributed by atoms with Crippen LogP contribution in [0.3, 0.4) is 0 Å². The van der Waals surface area contributed by atoms with Gasteiger partial charge in [-0.05, 0) is 30.2 Å². The molecule has 2 aromatic carbocycles. The summed E-state index contributed by atoms with van der Waals surface area (Å²) in [5.41, 5.74) is 0.214. The lowest BCUT2D eigenvalue weighted by Gasteiger charge is -2.37. The first-order chi connectivity index (χ1) is 15.9. The van der Waals surface area contributed by atoms with Gasteiger partial charge in [-0.3, -0.25) is 9.59 Å². The van der Waals surface area contributed by atoms with Crippen LogP contribution in [0, 0.1) is 5.92 Å². The van der Waals surface area contributed by atoms with Gasteiger partial charge in [-0.25, -0.2) is 4.79 Å². The molecule has 2 heterocycles. The molecule has 176 valence electrons. The first kappa shape index (κ1) is 22.9. The molecule has 0 aromatic heterocycles. The minimum absolute atomic E-state index is 0.0512. The van der Waals surface area contributed by atoms with Crippen molar-refractivity contribution in [2.45, 2.75) is 32.7 Å². The number of hydrogen-bond donors (Lipinski definition) is 1. The Morgan fingerprint density at radius 1 is 1.00 bits per heavy atom. The number of carbonyl (C=O) groups is 3. The van der Waals surface area contributed by atoms with E-state index in [1.165, 1.54) is 0 Å². The third-order valence-electron chi connectivity index (χ3n) is 6.32. The van der Waals surface area contributed by atoms with Gasteiger partial charge in [0.15, 0.2) is 0 Å². The predicted molar refractivity (Wildman–Crippen MR) is 124 cm³/mol. The Morgan fingerprint density at radius 3 is 2.42 bits per heavy atom. The second-order valence-corrected chi connectivity index (χ2v) is 9.12. The summed E-state index contributed by atoms with van der Waals surface area (Å²) in [6.07, 6.45) is 0.980. The maximum atomic E-state index is 13.3. The van der Waals surface area contributed by atoms with Crippen LogP contribution in [0.1, 0.15) is 37.0 Å². The predicted octanol–water partition coefficient (Wildman–Crippen LogP) is 3.09. The third kappa shape index (κ3) is 4.74. The van der Waals surface area contributed by atoms with E-state index in [4.69, 9.17) is 4.74 Å². The Bertz CT molecular complexity index is 1050. The normalized spacial score (nSPS) is 18.8. The Kier molecular flexibility index (Phi) is 6.72. The number of likely N-dealkylation sites (tertiary alicyclic amines) is 1. The molecule has 2 saturated heterocycles. The molecular weight excluding hydrogens is 422 g/mol. The van der Waals surface area contributed by atoms with Crippen molar-refractivity contribution in [1.29, 1.82) is 0 Å². The molecule has 1 atom stereocenters. The molecule has 0 saturated carbocycles. The number of amides is 3. The molecule has 0 spiro atoms. The van der Waals surface area contributed by atoms with Crippen molar-refractivity contribution in [1.82, 2.24) is 14.7 Å². The van der Waals surface area contributed by atoms with Crippen molar-refractivity contribution in [2.75, 3.05) is 39.3 Å². The number of nitrogens with zero attached hydrogens (tertiary/aromatic N) is 3. The lowest BCUT2D eigenvalue weighted by atomic mass is 10.0. The zero-order valence-corrected chi connectivity index (χ0v) is 19.2. The van der Waals surface area contributed by atoms with E-state index in [-0.39, 0.29) is 35.1 Å². The van der Waals surface area contributed by atoms with E-state index in [0.717, 1.165) is 11.8 Å². The van der Waals surface area contributed by atoms with Gasteiger partial charge in [0, 0.05) is 38.1 Å². The number of aromatic hydroxyl groups is 1. The molecule has 2 aliphatic rings. The van der Waals surface area contributed by atoms with E-state index < -0.39 is 6.04 Å². The Labute approximate surface area is 193 Å². The fourth-order valence-electron chi connectivity index (χ4n) is 4.50. The van der Waals surface area contributed by atoms with Crippen LogP contribution < -0.4 is 0 Å². The van der Waals surface area contributed by atoms with Gasteiger partial charge in [-0.1, -0.05) is 44.2 Å². The van der Waals surface area contributed by atoms with Crippen LogP contribution in [-0.4, -0.2) is 83.1 Å². The summed E-state index contributed by atoms with van der Waals surface area (Å²) >= 11 is 0. The molecule has 0 bridgehead atoms. The number of ether oxygens (including phenoxy) is 1. The van der Waals surface area contributed by atoms with Crippen LogP contribution in [0.5, 0.6) is 5.75 Å². The standard InChI is InChI=1S/C25H31N3O5/c1-17(2)16-33-25(32)27-14-12-26(13-15-27)24(31)21-8-5-11-28(21)23(30)20-10-9-18-6-3-4-7-19(18)22(20)29/h3-4,6-7,9-10,17,21,29H,5,8,11-16H2,1-2H3. The average molecular weight is 454 g/mol. The van der Waals surface area contributed by atoms with Gasteiger partial charge in [0.25, 0.3) is 5.91 Å². The van der Waals surface area contributed by atoms with Crippen molar-refractivity contribution >= 4 is 28.7 Å². The molecule has 1 N–H and O–H groups in total. The summed E-state index contributed by atoms with van der Waals surface area (Å²) in [5, 5.41) is 12.2. The quantitative estimate of drug-likeness (QED) is 0.768. The number of hydrogen-bond acceptors (Lipinski definition) is 5. The number of phenolic OH excluding ortho intramolecular Hbond substituents is 1. The van der Waals surface area contributed by atoms with Gasteiger partial charge in [-0.15, -0.1) is 0 Å². The molecule has 33 heavy (non-hydrogen) atoms. The summed E-state index contributed by atoms with van der Waals surface area (Å²) in [6, 6.07) is 10.2. The molecule has 2 fully saturated rings. The smallest absolute Gasteiger partial charge is 0.409 e. The first-order valence-corrected chi connectivity index (χ1v) is 11.6. The van der Waals surface area contributed by atoms with E-state index in [1.54, 1.807) is 26.8 Å². The average Bonchev–Trinajstić information content (AvgIpc) is 3.32. The van der Waals surface area contributed by atoms with Crippen LogP contribution in [0.4, 0.5) is 4.79 Å². The van der Waals surface area contributed by atoms with Crippen LogP contribution in [0.25, 0.3) is 10.8 Å². The van der Waals surface area contributed by atoms with Crippen molar-refractivity contribution in [2.24, 2.45) is 5.92 Å². The van der Waals surface area contributed by atoms with E-state index in [2.05, 4.69) is 0 Å². The summed E-state index contributed by atoms with van der Waals surface area (Å²) < 4.78 is 5.28. The molecule has 3 amide bonds. The maximum absolute atomic E-state index is 13.3. The molecule has 2 aliphatic heterocycles. The number of phenols is 1. The third-order valence-corrected chi connectivity index (χ3v) is 6.32. The van der Waals surface area contributed by atoms with E-state index in [9.17, 15) is 19.5 Å². The van der Waals surface area contributed by atoms with E-state index in [1.807, 2.05) is 38.1 Å². The lowest BCUT2D eigenvalue weighted by Crippen LogP contribution is -2.55. The second-order valence-electron chi connectivity index (χ2n) is 9.12. The van der Waals surface area contributed by atoms with Crippen LogP contribution in [0.2, 0.25) is 0 Å². The topological polar surface area (TPSA) is 90.4 Å². The minimum atomic E-state index is -0.553. The van der Waals surface area contributed by atoms with Crippen molar-refractivity contribution in [3.05, 3.63) is 42.0 Å². The number of fused-ring (bicyclic) bond motifs is 1. The van der Waals surface area contributed by atoms with E-state index >= 15 is 0 Å². The van der Waals surface area contributed by atoms with Gasteiger partial charge in [0.05, 0.1) is 12.2 Å². The zero-order chi connectivity index (χ0) is 23.5. The summed E-state index contributed by atoms with van der Waals surface area (Å²) in [6.45, 7) is 6.46. The Hall–Kier alpha value is -3.29. The van der Waals surface area contributed by atoms with Gasteiger partial charge in [0.1, 0.15) is 11.8 Å². The van der Waals surface area contributed by atoms with Gasteiger partial charge < -0.3 is 24.5 Å². The Morgan fingerprint density at radius 2 is 1.70 bits per heavy atom. The summed E-state index contributed by atoms with van der Waals surface area (Å²) in [7, 11) is 0. The van der Waals surface area contributed by atoms with Crippen molar-refractivity contribution < 1.29 is 24.2 Å². The molecule has 4 rings (SSSR count).